The van der Waals surface area contributed by atoms with Gasteiger partial charge in [-0.05, 0) is 43.9 Å². The summed E-state index contributed by atoms with van der Waals surface area (Å²) in [6, 6.07) is 4.92. The first-order chi connectivity index (χ1) is 10.8. The molecular weight excluding hydrogens is 274 g/mol. The molecule has 0 unspecified atom stereocenters. The first kappa shape index (κ1) is 15.5. The number of likely N-dealkylation sites (tertiary alicyclic amines) is 1. The molecule has 1 aliphatic carbocycles. The molecule has 1 saturated heterocycles. The predicted octanol–water partition coefficient (Wildman–Crippen LogP) is 2.54. The third-order valence-electron chi connectivity index (χ3n) is 5.00. The average Bonchev–Trinajstić information content (AvgIpc) is 2.57. The molecule has 1 N–H and O–H groups in total. The minimum atomic E-state index is 0.128. The Bertz CT molecular complexity index is 470. The lowest BCUT2D eigenvalue weighted by Gasteiger charge is -2.40. The van der Waals surface area contributed by atoms with Crippen molar-refractivity contribution < 1.29 is 4.79 Å². The molecule has 1 aliphatic heterocycles. The van der Waals surface area contributed by atoms with Crippen LogP contribution < -0.4 is 5.32 Å². The number of carbonyl (C=O) groups excluding carboxylic acids is 1. The molecule has 120 valence electrons. The fourth-order valence-corrected chi connectivity index (χ4v) is 3.87. The van der Waals surface area contributed by atoms with Crippen molar-refractivity contribution in [1.82, 2.24) is 15.2 Å². The van der Waals surface area contributed by atoms with Crippen molar-refractivity contribution >= 4 is 5.91 Å². The Morgan fingerprint density at radius 3 is 2.86 bits per heavy atom. The van der Waals surface area contributed by atoms with E-state index in [2.05, 4.69) is 15.2 Å². The number of rotatable bonds is 4. The van der Waals surface area contributed by atoms with E-state index in [1.807, 2.05) is 12.1 Å². The maximum absolute atomic E-state index is 12.2. The van der Waals surface area contributed by atoms with E-state index in [4.69, 9.17) is 0 Å². The van der Waals surface area contributed by atoms with E-state index in [1.54, 1.807) is 12.4 Å². The molecule has 1 amide bonds. The Balaban J connectivity index is 1.48. The summed E-state index contributed by atoms with van der Waals surface area (Å²) >= 11 is 0. The molecule has 0 aromatic carbocycles. The second-order valence-electron chi connectivity index (χ2n) is 6.73. The van der Waals surface area contributed by atoms with Crippen LogP contribution in [0.1, 0.15) is 50.5 Å². The molecule has 4 heteroatoms. The zero-order valence-corrected chi connectivity index (χ0v) is 13.3. The highest BCUT2D eigenvalue weighted by atomic mass is 16.1. The molecule has 1 aromatic heterocycles. The van der Waals surface area contributed by atoms with E-state index in [-0.39, 0.29) is 5.91 Å². The largest absolute Gasteiger partial charge is 0.352 e. The summed E-state index contributed by atoms with van der Waals surface area (Å²) in [6.45, 7) is 2.24. The summed E-state index contributed by atoms with van der Waals surface area (Å²) in [5, 5.41) is 3.23. The monoisotopic (exact) mass is 301 g/mol. The highest BCUT2D eigenvalue weighted by Gasteiger charge is 2.27. The molecule has 0 radical (unpaired) electrons. The van der Waals surface area contributed by atoms with E-state index < -0.39 is 0 Å². The molecule has 3 rings (SSSR count). The minimum absolute atomic E-state index is 0.128. The van der Waals surface area contributed by atoms with Crippen LogP contribution in [0.25, 0.3) is 0 Å². The zero-order valence-electron chi connectivity index (χ0n) is 13.3. The summed E-state index contributed by atoms with van der Waals surface area (Å²) in [5.74, 6) is 0.128. The molecule has 2 fully saturated rings. The Labute approximate surface area is 133 Å². The Morgan fingerprint density at radius 2 is 2.09 bits per heavy atom. The van der Waals surface area contributed by atoms with Crippen molar-refractivity contribution in [3.05, 3.63) is 30.1 Å². The SMILES string of the molecule is O=C(Cc1cccnc1)N[C@@H]1CCCN(C2CCCCC2)C1. The number of hydrogen-bond acceptors (Lipinski definition) is 3. The topological polar surface area (TPSA) is 45.2 Å². The van der Waals surface area contributed by atoms with Crippen molar-refractivity contribution in [3.63, 3.8) is 0 Å². The lowest BCUT2D eigenvalue weighted by Crippen LogP contribution is -2.51. The van der Waals surface area contributed by atoms with E-state index in [0.717, 1.165) is 24.6 Å². The van der Waals surface area contributed by atoms with Gasteiger partial charge in [0.15, 0.2) is 0 Å². The smallest absolute Gasteiger partial charge is 0.224 e. The summed E-state index contributed by atoms with van der Waals surface area (Å²) in [5.41, 5.74) is 0.986. The van der Waals surface area contributed by atoms with Gasteiger partial charge in [-0.3, -0.25) is 14.7 Å². The highest BCUT2D eigenvalue weighted by Crippen LogP contribution is 2.25. The number of amides is 1. The average molecular weight is 301 g/mol. The van der Waals surface area contributed by atoms with Crippen LogP contribution in [0.4, 0.5) is 0 Å². The van der Waals surface area contributed by atoms with Crippen molar-refractivity contribution in [3.8, 4) is 0 Å². The van der Waals surface area contributed by atoms with Crippen LogP contribution in [0, 0.1) is 0 Å². The van der Waals surface area contributed by atoms with Crippen LogP contribution >= 0.6 is 0 Å². The molecule has 22 heavy (non-hydrogen) atoms. The van der Waals surface area contributed by atoms with Gasteiger partial charge in [0.25, 0.3) is 0 Å². The Morgan fingerprint density at radius 1 is 1.23 bits per heavy atom. The third kappa shape index (κ3) is 4.29. The van der Waals surface area contributed by atoms with E-state index in [0.29, 0.717) is 12.5 Å². The van der Waals surface area contributed by atoms with Crippen LogP contribution in [0.3, 0.4) is 0 Å². The molecule has 2 heterocycles. The van der Waals surface area contributed by atoms with E-state index in [1.165, 1.54) is 45.1 Å². The molecule has 1 saturated carbocycles. The third-order valence-corrected chi connectivity index (χ3v) is 5.00. The van der Waals surface area contributed by atoms with Gasteiger partial charge < -0.3 is 5.32 Å². The van der Waals surface area contributed by atoms with Gasteiger partial charge in [-0.15, -0.1) is 0 Å². The van der Waals surface area contributed by atoms with E-state index in [9.17, 15) is 4.79 Å². The summed E-state index contributed by atoms with van der Waals surface area (Å²) in [4.78, 5) is 18.9. The normalized spacial score (nSPS) is 24.1. The van der Waals surface area contributed by atoms with Crippen molar-refractivity contribution in [1.29, 1.82) is 0 Å². The summed E-state index contributed by atoms with van der Waals surface area (Å²) < 4.78 is 0. The minimum Gasteiger partial charge on any atom is -0.352 e. The molecular formula is C18H27N3O. The van der Waals surface area contributed by atoms with Gasteiger partial charge in [0.2, 0.25) is 5.91 Å². The number of piperidine rings is 1. The molecule has 4 nitrogen and oxygen atoms in total. The van der Waals surface area contributed by atoms with Crippen LogP contribution in [-0.4, -0.2) is 41.0 Å². The maximum atomic E-state index is 12.2. The lowest BCUT2D eigenvalue weighted by atomic mass is 9.92. The van der Waals surface area contributed by atoms with Gasteiger partial charge in [-0.25, -0.2) is 0 Å². The van der Waals surface area contributed by atoms with Gasteiger partial charge in [-0.1, -0.05) is 25.3 Å². The highest BCUT2D eigenvalue weighted by molar-refractivity contribution is 5.78. The number of pyridine rings is 1. The van der Waals surface area contributed by atoms with Gasteiger partial charge in [0.05, 0.1) is 6.42 Å². The first-order valence-electron chi connectivity index (χ1n) is 8.73. The zero-order chi connectivity index (χ0) is 15.2. The summed E-state index contributed by atoms with van der Waals surface area (Å²) in [6.07, 6.45) is 13.1. The first-order valence-corrected chi connectivity index (χ1v) is 8.73. The van der Waals surface area contributed by atoms with Crippen LogP contribution in [0.2, 0.25) is 0 Å². The van der Waals surface area contributed by atoms with Crippen LogP contribution in [0.5, 0.6) is 0 Å². The number of carbonyl (C=O) groups is 1. The predicted molar refractivity (Wildman–Crippen MR) is 87.6 cm³/mol. The summed E-state index contributed by atoms with van der Waals surface area (Å²) in [7, 11) is 0. The van der Waals surface area contributed by atoms with Crippen molar-refractivity contribution in [2.24, 2.45) is 0 Å². The standard InChI is InChI=1S/C18H27N3O/c22-18(12-15-6-4-10-19-13-15)20-16-7-5-11-21(14-16)17-8-2-1-3-9-17/h4,6,10,13,16-17H,1-3,5,7-9,11-12,14H2,(H,20,22)/t16-/m1/s1. The number of nitrogens with zero attached hydrogens (tertiary/aromatic N) is 2. The molecule has 1 atom stereocenters. The second-order valence-corrected chi connectivity index (χ2v) is 6.73. The number of nitrogens with one attached hydrogen (secondary N) is 1. The van der Waals surface area contributed by atoms with Gasteiger partial charge in [0, 0.05) is 31.0 Å². The molecule has 2 aliphatic rings. The Kier molecular flexibility index (Phi) is 5.43. The number of hydrogen-bond donors (Lipinski definition) is 1. The molecule has 0 bridgehead atoms. The van der Waals surface area contributed by atoms with Crippen LogP contribution in [-0.2, 0) is 11.2 Å². The Hall–Kier alpha value is -1.42. The van der Waals surface area contributed by atoms with Crippen molar-refractivity contribution in [2.75, 3.05) is 13.1 Å². The van der Waals surface area contributed by atoms with Gasteiger partial charge in [0.1, 0.15) is 0 Å². The molecule has 0 spiro atoms. The van der Waals surface area contributed by atoms with Crippen LogP contribution in [0.15, 0.2) is 24.5 Å². The fourth-order valence-electron chi connectivity index (χ4n) is 3.87. The second kappa shape index (κ2) is 7.73. The van der Waals surface area contributed by atoms with Gasteiger partial charge in [-0.2, -0.15) is 0 Å². The van der Waals surface area contributed by atoms with Crippen molar-refractivity contribution in [2.45, 2.75) is 63.5 Å². The quantitative estimate of drug-likeness (QED) is 0.929. The maximum Gasteiger partial charge on any atom is 0.224 e. The number of aromatic nitrogens is 1. The molecule has 1 aromatic rings. The lowest BCUT2D eigenvalue weighted by molar-refractivity contribution is -0.121. The van der Waals surface area contributed by atoms with Gasteiger partial charge >= 0.3 is 0 Å². The fraction of sp³-hybridized carbons (Fsp3) is 0.667. The van der Waals surface area contributed by atoms with E-state index >= 15 is 0 Å².